The zero-order valence-electron chi connectivity index (χ0n) is 14.6. The molecule has 0 aliphatic heterocycles. The summed E-state index contributed by atoms with van der Waals surface area (Å²) in [6.07, 6.45) is 4.89. The van der Waals surface area contributed by atoms with E-state index in [1.165, 1.54) is 29.7 Å². The van der Waals surface area contributed by atoms with E-state index in [0.717, 1.165) is 24.3 Å². The van der Waals surface area contributed by atoms with Gasteiger partial charge in [0.1, 0.15) is 6.61 Å². The molecule has 1 aliphatic carbocycles. The van der Waals surface area contributed by atoms with Gasteiger partial charge < -0.3 is 10.4 Å². The standard InChI is InChI=1S/C19H29ClN2O2/c1-14(2)21-12-18(23)13-24-22-19-6-4-3-5-16(19)11-15-7-9-17(20)10-8-15/h7-10,14,18,21-23H,3-6,11-13H2,1-2H3/t18-/m0/s1. The van der Waals surface area contributed by atoms with Crippen molar-refractivity contribution in [3.63, 3.8) is 0 Å². The highest BCUT2D eigenvalue weighted by atomic mass is 35.5. The Hall–Kier alpha value is -1.07. The van der Waals surface area contributed by atoms with Crippen molar-refractivity contribution in [1.29, 1.82) is 0 Å². The van der Waals surface area contributed by atoms with E-state index in [1.54, 1.807) is 0 Å². The van der Waals surface area contributed by atoms with Gasteiger partial charge in [-0.2, -0.15) is 0 Å². The molecule has 0 amide bonds. The summed E-state index contributed by atoms with van der Waals surface area (Å²) in [6.45, 7) is 4.93. The van der Waals surface area contributed by atoms with Crippen LogP contribution in [0, 0.1) is 0 Å². The summed E-state index contributed by atoms with van der Waals surface area (Å²) in [4.78, 5) is 5.54. The molecule has 5 heteroatoms. The molecule has 24 heavy (non-hydrogen) atoms. The van der Waals surface area contributed by atoms with Crippen molar-refractivity contribution < 1.29 is 9.94 Å². The van der Waals surface area contributed by atoms with E-state index < -0.39 is 6.10 Å². The molecule has 2 rings (SSSR count). The highest BCUT2D eigenvalue weighted by Gasteiger charge is 2.14. The number of rotatable bonds is 9. The first-order chi connectivity index (χ1) is 11.5. The Balaban J connectivity index is 1.85. The van der Waals surface area contributed by atoms with Crippen molar-refractivity contribution in [3.05, 3.63) is 46.1 Å². The smallest absolute Gasteiger partial charge is 0.102 e. The molecule has 1 atom stereocenters. The molecule has 0 aromatic heterocycles. The van der Waals surface area contributed by atoms with Gasteiger partial charge in [0.15, 0.2) is 0 Å². The minimum Gasteiger partial charge on any atom is -0.389 e. The Morgan fingerprint density at radius 3 is 2.58 bits per heavy atom. The number of nitrogens with one attached hydrogen (secondary N) is 2. The summed E-state index contributed by atoms with van der Waals surface area (Å²) in [5.41, 5.74) is 6.90. The fourth-order valence-electron chi connectivity index (χ4n) is 2.79. The average Bonchev–Trinajstić information content (AvgIpc) is 2.56. The van der Waals surface area contributed by atoms with Crippen molar-refractivity contribution in [1.82, 2.24) is 10.8 Å². The Labute approximate surface area is 150 Å². The summed E-state index contributed by atoms with van der Waals surface area (Å²) in [7, 11) is 0. The lowest BCUT2D eigenvalue weighted by Crippen LogP contribution is -2.36. The Morgan fingerprint density at radius 1 is 1.17 bits per heavy atom. The largest absolute Gasteiger partial charge is 0.389 e. The topological polar surface area (TPSA) is 53.5 Å². The predicted octanol–water partition coefficient (Wildman–Crippen LogP) is 3.59. The monoisotopic (exact) mass is 352 g/mol. The maximum Gasteiger partial charge on any atom is 0.102 e. The van der Waals surface area contributed by atoms with E-state index in [0.29, 0.717) is 12.6 Å². The van der Waals surface area contributed by atoms with Crippen LogP contribution in [0.3, 0.4) is 0 Å². The first-order valence-electron chi connectivity index (χ1n) is 8.79. The number of benzene rings is 1. The molecule has 0 spiro atoms. The van der Waals surface area contributed by atoms with Gasteiger partial charge in [-0.25, -0.2) is 0 Å². The van der Waals surface area contributed by atoms with Crippen LogP contribution in [0.4, 0.5) is 0 Å². The van der Waals surface area contributed by atoms with Crippen LogP contribution in [0.25, 0.3) is 0 Å². The molecule has 134 valence electrons. The van der Waals surface area contributed by atoms with Gasteiger partial charge in [-0.15, -0.1) is 0 Å². The fraction of sp³-hybridized carbons (Fsp3) is 0.579. The van der Waals surface area contributed by atoms with Crippen molar-refractivity contribution in [2.45, 2.75) is 58.1 Å². The lowest BCUT2D eigenvalue weighted by atomic mass is 9.92. The Morgan fingerprint density at radius 2 is 1.88 bits per heavy atom. The Bertz CT molecular complexity index is 529. The van der Waals surface area contributed by atoms with Gasteiger partial charge in [0.05, 0.1) is 6.10 Å². The molecule has 1 aromatic carbocycles. The number of hydrogen-bond acceptors (Lipinski definition) is 4. The third-order valence-corrected chi connectivity index (χ3v) is 4.40. The highest BCUT2D eigenvalue weighted by Crippen LogP contribution is 2.26. The van der Waals surface area contributed by atoms with Crippen LogP contribution in [0.1, 0.15) is 45.1 Å². The minimum atomic E-state index is -0.510. The van der Waals surface area contributed by atoms with Gasteiger partial charge in [-0.3, -0.25) is 10.3 Å². The van der Waals surface area contributed by atoms with Crippen LogP contribution in [-0.2, 0) is 11.3 Å². The minimum absolute atomic E-state index is 0.275. The van der Waals surface area contributed by atoms with Crippen LogP contribution in [0.2, 0.25) is 5.02 Å². The highest BCUT2D eigenvalue weighted by molar-refractivity contribution is 6.30. The van der Waals surface area contributed by atoms with Crippen LogP contribution >= 0.6 is 11.6 Å². The van der Waals surface area contributed by atoms with Crippen LogP contribution in [-0.4, -0.2) is 30.4 Å². The zero-order valence-corrected chi connectivity index (χ0v) is 15.4. The first-order valence-corrected chi connectivity index (χ1v) is 9.17. The lowest BCUT2D eigenvalue weighted by molar-refractivity contribution is -0.00796. The normalized spacial score (nSPS) is 16.5. The van der Waals surface area contributed by atoms with Gasteiger partial charge >= 0.3 is 0 Å². The second kappa shape index (κ2) is 10.0. The van der Waals surface area contributed by atoms with E-state index in [4.69, 9.17) is 16.4 Å². The van der Waals surface area contributed by atoms with Gasteiger partial charge in [-0.1, -0.05) is 37.6 Å². The average molecular weight is 353 g/mol. The molecule has 0 saturated heterocycles. The summed E-state index contributed by atoms with van der Waals surface area (Å²) in [6, 6.07) is 8.37. The maximum absolute atomic E-state index is 9.90. The number of aliphatic hydroxyl groups is 1. The molecular formula is C19H29ClN2O2. The van der Waals surface area contributed by atoms with Crippen molar-refractivity contribution in [2.75, 3.05) is 13.2 Å². The van der Waals surface area contributed by atoms with Crippen LogP contribution < -0.4 is 10.8 Å². The third kappa shape index (κ3) is 6.81. The number of hydroxylamine groups is 1. The molecule has 0 heterocycles. The molecule has 0 radical (unpaired) electrons. The van der Waals surface area contributed by atoms with Gasteiger partial charge in [-0.05, 0) is 55.4 Å². The molecule has 0 saturated carbocycles. The summed E-state index contributed by atoms with van der Waals surface area (Å²) < 4.78 is 0. The first kappa shape index (κ1) is 19.3. The molecule has 4 nitrogen and oxygen atoms in total. The molecule has 1 aromatic rings. The van der Waals surface area contributed by atoms with Crippen LogP contribution in [0.5, 0.6) is 0 Å². The zero-order chi connectivity index (χ0) is 17.4. The van der Waals surface area contributed by atoms with Crippen molar-refractivity contribution in [3.8, 4) is 0 Å². The van der Waals surface area contributed by atoms with Gasteiger partial charge in [0, 0.05) is 23.3 Å². The van der Waals surface area contributed by atoms with E-state index in [2.05, 4.69) is 36.8 Å². The number of halogens is 1. The second-order valence-corrected chi connectivity index (χ2v) is 7.16. The van der Waals surface area contributed by atoms with Gasteiger partial charge in [0.25, 0.3) is 0 Å². The quantitative estimate of drug-likeness (QED) is 0.594. The van der Waals surface area contributed by atoms with E-state index >= 15 is 0 Å². The summed E-state index contributed by atoms with van der Waals surface area (Å²) in [5, 5.41) is 13.9. The fourth-order valence-corrected chi connectivity index (χ4v) is 2.92. The Kier molecular flexibility index (Phi) is 8.06. The van der Waals surface area contributed by atoms with Crippen molar-refractivity contribution in [2.24, 2.45) is 0 Å². The second-order valence-electron chi connectivity index (χ2n) is 6.72. The molecule has 0 bridgehead atoms. The molecule has 0 unspecified atom stereocenters. The number of hydrogen-bond donors (Lipinski definition) is 3. The molecule has 1 aliphatic rings. The number of allylic oxidation sites excluding steroid dienone is 2. The molecule has 0 fully saturated rings. The lowest BCUT2D eigenvalue weighted by Gasteiger charge is -2.22. The van der Waals surface area contributed by atoms with Crippen molar-refractivity contribution >= 4 is 11.6 Å². The SMILES string of the molecule is CC(C)NC[C@H](O)CONC1=C(Cc2ccc(Cl)cc2)CCCC1. The molecular weight excluding hydrogens is 324 g/mol. The van der Waals surface area contributed by atoms with Crippen LogP contribution in [0.15, 0.2) is 35.5 Å². The van der Waals surface area contributed by atoms with E-state index in [-0.39, 0.29) is 6.61 Å². The van der Waals surface area contributed by atoms with E-state index in [1.807, 2.05) is 12.1 Å². The van der Waals surface area contributed by atoms with Gasteiger partial charge in [0.2, 0.25) is 0 Å². The maximum atomic E-state index is 9.90. The third-order valence-electron chi connectivity index (χ3n) is 4.15. The molecule has 3 N–H and O–H groups in total. The van der Waals surface area contributed by atoms with E-state index in [9.17, 15) is 5.11 Å². The summed E-state index contributed by atoms with van der Waals surface area (Å²) in [5.74, 6) is 0. The predicted molar refractivity (Wildman–Crippen MR) is 98.9 cm³/mol. The number of aliphatic hydroxyl groups excluding tert-OH is 1. The summed E-state index contributed by atoms with van der Waals surface area (Å²) >= 11 is 5.95.